The van der Waals surface area contributed by atoms with E-state index in [4.69, 9.17) is 4.74 Å². The zero-order valence-electron chi connectivity index (χ0n) is 22.1. The molecule has 3 rings (SSSR count). The van der Waals surface area contributed by atoms with Crippen molar-refractivity contribution in [3.63, 3.8) is 0 Å². The molecule has 2 N–H and O–H groups in total. The van der Waals surface area contributed by atoms with E-state index in [1.165, 1.54) is 11.0 Å². The van der Waals surface area contributed by atoms with E-state index in [0.717, 1.165) is 16.8 Å². The number of aryl methyl sites for hydroxylation is 1. The Morgan fingerprint density at radius 3 is 2.59 bits per heavy atom. The van der Waals surface area contributed by atoms with Crippen LogP contribution in [0.15, 0.2) is 36.4 Å². The van der Waals surface area contributed by atoms with Gasteiger partial charge < -0.3 is 25.2 Å². The number of carbonyl (C=O) groups is 2. The number of anilines is 1. The van der Waals surface area contributed by atoms with Crippen molar-refractivity contribution in [2.24, 2.45) is 0 Å². The molecule has 0 aliphatic carbocycles. The minimum Gasteiger partial charge on any atom is -0.493 e. The number of fused-ring (bicyclic) bond motifs is 1. The van der Waals surface area contributed by atoms with Crippen LogP contribution in [0.2, 0.25) is 0 Å². The number of benzene rings is 2. The first kappa shape index (κ1) is 29.1. The average Bonchev–Trinajstić information content (AvgIpc) is 2.82. The van der Waals surface area contributed by atoms with E-state index in [1.54, 1.807) is 30.5 Å². The number of rotatable bonds is 8. The summed E-state index contributed by atoms with van der Waals surface area (Å²) < 4.78 is 19.9. The Morgan fingerprint density at radius 1 is 1.22 bits per heavy atom. The van der Waals surface area contributed by atoms with Crippen molar-refractivity contribution in [3.8, 4) is 0 Å². The molecule has 1 atom stereocenters. The maximum Gasteiger partial charge on any atom is 0.410 e. The van der Waals surface area contributed by atoms with E-state index in [1.807, 2.05) is 45.9 Å². The summed E-state index contributed by atoms with van der Waals surface area (Å²) in [4.78, 5) is 28.9. The van der Waals surface area contributed by atoms with Crippen LogP contribution in [0.4, 0.5) is 14.9 Å². The first-order valence-electron chi connectivity index (χ1n) is 12.2. The smallest absolute Gasteiger partial charge is 0.410 e. The molecular formula is C28H37FLrN4O3-2. The third kappa shape index (κ3) is 7.67. The van der Waals surface area contributed by atoms with E-state index < -0.39 is 11.6 Å². The Labute approximate surface area is 214 Å². The third-order valence-corrected chi connectivity index (χ3v) is 6.00. The van der Waals surface area contributed by atoms with Crippen LogP contribution in [0.5, 0.6) is 0 Å². The Morgan fingerprint density at radius 2 is 1.95 bits per heavy atom. The van der Waals surface area contributed by atoms with Gasteiger partial charge in [-0.25, -0.2) is 9.18 Å². The molecule has 1 aliphatic heterocycles. The van der Waals surface area contributed by atoms with Crippen LogP contribution in [-0.2, 0) is 22.5 Å². The molecule has 1 radical (unpaired) electrons. The molecule has 0 aromatic heterocycles. The molecule has 0 bridgehead atoms. The zero-order chi connectivity index (χ0) is 26.5. The summed E-state index contributed by atoms with van der Waals surface area (Å²) in [5.74, 6) is -0.623. The summed E-state index contributed by atoms with van der Waals surface area (Å²) in [6.07, 6.45) is 0.343. The summed E-state index contributed by atoms with van der Waals surface area (Å²) in [5, 5.41) is 6.36. The molecule has 0 saturated carbocycles. The van der Waals surface area contributed by atoms with Crippen molar-refractivity contribution in [2.75, 3.05) is 25.0 Å². The van der Waals surface area contributed by atoms with Crippen LogP contribution in [0, 0.1) is 26.3 Å². The molecule has 0 saturated heterocycles. The Hall–Kier alpha value is -4.13. The molecule has 9 heteroatoms. The fourth-order valence-electron chi connectivity index (χ4n) is 4.00. The summed E-state index contributed by atoms with van der Waals surface area (Å²) in [6, 6.07) is 9.85. The predicted octanol–water partition coefficient (Wildman–Crippen LogP) is 4.97. The van der Waals surface area contributed by atoms with Crippen molar-refractivity contribution in [1.29, 1.82) is 0 Å². The molecule has 1 aliphatic rings. The second-order valence-electron chi connectivity index (χ2n) is 10.1. The van der Waals surface area contributed by atoms with Crippen LogP contribution in [0.1, 0.15) is 56.0 Å². The molecule has 0 fully saturated rings. The Balaban J connectivity index is 0.00000481. The Kier molecular flexibility index (Phi) is 9.61. The van der Waals surface area contributed by atoms with Gasteiger partial charge in [0.25, 0.3) is 0 Å². The monoisotopic (exact) mass is 758 g/mol. The van der Waals surface area contributed by atoms with Gasteiger partial charge in [0.15, 0.2) is 0 Å². The minimum atomic E-state index is -0.803. The molecule has 211 valence electrons. The first-order valence-corrected chi connectivity index (χ1v) is 12.2. The number of nitrogens with one attached hydrogen (secondary N) is 2. The van der Waals surface area contributed by atoms with Gasteiger partial charge in [0, 0.05) is 25.3 Å². The van der Waals surface area contributed by atoms with Gasteiger partial charge in [-0.3, -0.25) is 18.4 Å². The van der Waals surface area contributed by atoms with Crippen LogP contribution >= 0.6 is 0 Å². The van der Waals surface area contributed by atoms with Gasteiger partial charge >= 0.3 is 6.09 Å². The quantitative estimate of drug-likeness (QED) is 0.294. The summed E-state index contributed by atoms with van der Waals surface area (Å²) in [6.45, 7) is 12.9. The SMILES string of the molecule is [CH2-]N(CCN[CH-]C)C(=O)C(Nc1ccc2c(c1)CCN(C(=O)OC(C)(C)C)C2)c1ccc(C)c(F)c1.[Lr]. The second kappa shape index (κ2) is 12.2. The number of nitrogens with zero attached hydrogens (tertiary/aromatic N) is 2. The van der Waals surface area contributed by atoms with E-state index in [0.29, 0.717) is 43.7 Å². The average molecular weight is 759 g/mol. The van der Waals surface area contributed by atoms with Crippen molar-refractivity contribution in [2.45, 2.75) is 59.2 Å². The maximum absolute atomic E-state index is 14.4. The number of ether oxygens (including phenoxy) is 1. The van der Waals surface area contributed by atoms with Gasteiger partial charge in [-0.2, -0.15) is 6.92 Å². The van der Waals surface area contributed by atoms with E-state index >= 15 is 0 Å². The van der Waals surface area contributed by atoms with Gasteiger partial charge in [0.05, 0.1) is 0 Å². The summed E-state index contributed by atoms with van der Waals surface area (Å²) in [7, 11) is 3.90. The number of halogens is 1. The van der Waals surface area contributed by atoms with Crippen LogP contribution in [-0.4, -0.2) is 47.0 Å². The number of hydrogen-bond donors (Lipinski definition) is 2. The number of hydrogen-bond acceptors (Lipinski definition) is 5. The van der Waals surface area contributed by atoms with Crippen molar-refractivity contribution in [3.05, 3.63) is 78.1 Å². The van der Waals surface area contributed by atoms with Gasteiger partial charge in [0.2, 0.25) is 5.91 Å². The Bertz CT molecular complexity index is 1090. The van der Waals surface area contributed by atoms with Gasteiger partial charge in [0.1, 0.15) is 17.5 Å². The second-order valence-corrected chi connectivity index (χ2v) is 10.1. The molecule has 2 aromatic carbocycles. The standard InChI is InChI=1S/C28H37FN4O3.Lr/c1-7-30-13-15-32(6)26(34)25(21-9-8-19(2)24(29)17-21)31-23-11-10-22-18-33(14-12-20(22)16-23)27(35)36-28(3,4)5;/h7-11,16-17,25,30-31H,6,12-15,18H2,1-5H3;/q-2;. The molecule has 37 heavy (non-hydrogen) atoms. The van der Waals surface area contributed by atoms with Gasteiger partial charge in [-0.1, -0.05) is 18.2 Å². The normalized spacial score (nSPS) is 13.8. The summed E-state index contributed by atoms with van der Waals surface area (Å²) >= 11 is 0. The van der Waals surface area contributed by atoms with Crippen molar-refractivity contribution in [1.82, 2.24) is 15.1 Å². The zero-order valence-corrected chi connectivity index (χ0v) is 24.3. The van der Waals surface area contributed by atoms with E-state index in [2.05, 4.69) is 17.7 Å². The fraction of sp³-hybridized carbons (Fsp3) is 0.429. The summed E-state index contributed by atoms with van der Waals surface area (Å²) in [5.41, 5.74) is 3.36. The molecule has 1 unspecified atom stereocenters. The fourth-order valence-corrected chi connectivity index (χ4v) is 4.00. The van der Waals surface area contributed by atoms with E-state index in [-0.39, 0.29) is 17.8 Å². The van der Waals surface area contributed by atoms with Crippen LogP contribution in [0.3, 0.4) is 0 Å². The molecule has 0 spiro atoms. The molecule has 2 amide bonds. The first-order chi connectivity index (χ1) is 17.0. The van der Waals surface area contributed by atoms with Gasteiger partial charge in [-0.15, -0.1) is 0 Å². The molecule has 1 heterocycles. The number of carbonyl (C=O) groups excluding carboxylic acids is 2. The maximum atomic E-state index is 14.4. The van der Waals surface area contributed by atoms with Crippen LogP contribution < -0.4 is 10.6 Å². The largest absolute Gasteiger partial charge is 0.493 e. The third-order valence-electron chi connectivity index (χ3n) is 6.00. The number of amides is 2. The molecule has 7 nitrogen and oxygen atoms in total. The van der Waals surface area contributed by atoms with Crippen molar-refractivity contribution >= 4 is 17.7 Å². The van der Waals surface area contributed by atoms with Crippen molar-refractivity contribution < 1.29 is 18.7 Å². The van der Waals surface area contributed by atoms with Gasteiger partial charge in [-0.05, 0) is 81.1 Å². The topological polar surface area (TPSA) is 73.9 Å². The minimum absolute atomic E-state index is 0. The molecule has 2 aromatic rings. The van der Waals surface area contributed by atoms with E-state index in [9.17, 15) is 14.0 Å². The molecular weight excluding hydrogens is 721 g/mol. The van der Waals surface area contributed by atoms with Crippen LogP contribution in [0.25, 0.3) is 0 Å². The predicted molar refractivity (Wildman–Crippen MR) is 139 cm³/mol.